The Morgan fingerprint density at radius 3 is 2.75 bits per heavy atom. The quantitative estimate of drug-likeness (QED) is 0.796. The molecule has 0 radical (unpaired) electrons. The first kappa shape index (κ1) is 13.2. The van der Waals surface area contributed by atoms with E-state index >= 15 is 0 Å². The molecule has 0 aliphatic rings. The van der Waals surface area contributed by atoms with Gasteiger partial charge in [-0.2, -0.15) is 0 Å². The van der Waals surface area contributed by atoms with Crippen molar-refractivity contribution in [1.82, 2.24) is 9.88 Å². The number of amides is 1. The average molecular weight is 285 g/mol. The van der Waals surface area contributed by atoms with Crippen LogP contribution in [0.2, 0.25) is 0 Å². The second kappa shape index (κ2) is 5.99. The fraction of sp³-hybridized carbons (Fsp3) is 0.500. The van der Waals surface area contributed by atoms with Gasteiger partial charge in [-0.25, -0.2) is 4.98 Å². The number of carbonyl (C=O) groups is 1. The van der Waals surface area contributed by atoms with Gasteiger partial charge in [-0.05, 0) is 48.3 Å². The summed E-state index contributed by atoms with van der Waals surface area (Å²) < 4.78 is 0.693. The van der Waals surface area contributed by atoms with Crippen LogP contribution in [-0.2, 0) is 0 Å². The first-order valence-corrected chi connectivity index (χ1v) is 6.32. The zero-order valence-corrected chi connectivity index (χ0v) is 11.5. The lowest BCUT2D eigenvalue weighted by Crippen LogP contribution is -2.38. The second-order valence-electron chi connectivity index (χ2n) is 3.72. The fourth-order valence-corrected chi connectivity index (χ4v) is 1.94. The van der Waals surface area contributed by atoms with E-state index in [1.807, 2.05) is 11.8 Å². The molecule has 0 spiro atoms. The Bertz CT molecular complexity index is 368. The van der Waals surface area contributed by atoms with Crippen molar-refractivity contribution in [2.24, 2.45) is 0 Å². The van der Waals surface area contributed by atoms with Crippen molar-refractivity contribution in [2.75, 3.05) is 6.54 Å². The number of aromatic nitrogens is 1. The van der Waals surface area contributed by atoms with Gasteiger partial charge < -0.3 is 4.90 Å². The second-order valence-corrected chi connectivity index (χ2v) is 4.53. The molecular weight excluding hydrogens is 268 g/mol. The zero-order chi connectivity index (χ0) is 12.1. The van der Waals surface area contributed by atoms with Crippen molar-refractivity contribution in [1.29, 1.82) is 0 Å². The smallest absolute Gasteiger partial charge is 0.254 e. The minimum atomic E-state index is 0.0694. The van der Waals surface area contributed by atoms with Gasteiger partial charge in [0.25, 0.3) is 5.91 Å². The molecule has 0 aliphatic heterocycles. The highest BCUT2D eigenvalue weighted by atomic mass is 79.9. The molecule has 1 heterocycles. The number of hydrogen-bond donors (Lipinski definition) is 0. The van der Waals surface area contributed by atoms with Crippen molar-refractivity contribution in [3.8, 4) is 0 Å². The van der Waals surface area contributed by atoms with E-state index in [2.05, 4.69) is 34.8 Å². The number of nitrogens with zero attached hydrogens (tertiary/aromatic N) is 2. The molecule has 3 nitrogen and oxygen atoms in total. The number of halogens is 1. The van der Waals surface area contributed by atoms with Gasteiger partial charge in [0.15, 0.2) is 0 Å². The van der Waals surface area contributed by atoms with Crippen LogP contribution in [0.4, 0.5) is 0 Å². The highest BCUT2D eigenvalue weighted by Crippen LogP contribution is 2.13. The standard InChI is InChI=1S/C12H17BrN2O/c1-4-9(3)15(5-2)12(16)10-6-7-14-11(13)8-10/h6-9H,4-5H2,1-3H3. The fourth-order valence-electron chi connectivity index (χ4n) is 1.58. The van der Waals surface area contributed by atoms with E-state index in [-0.39, 0.29) is 11.9 Å². The molecule has 1 rings (SSSR count). The van der Waals surface area contributed by atoms with Gasteiger partial charge in [0.2, 0.25) is 0 Å². The molecule has 0 saturated carbocycles. The summed E-state index contributed by atoms with van der Waals surface area (Å²) >= 11 is 3.27. The summed E-state index contributed by atoms with van der Waals surface area (Å²) in [4.78, 5) is 18.1. The lowest BCUT2D eigenvalue weighted by atomic mass is 10.1. The topological polar surface area (TPSA) is 33.2 Å². The van der Waals surface area contributed by atoms with Crippen molar-refractivity contribution in [3.63, 3.8) is 0 Å². The van der Waals surface area contributed by atoms with Crippen molar-refractivity contribution < 1.29 is 4.79 Å². The molecule has 1 aromatic rings. The molecule has 16 heavy (non-hydrogen) atoms. The molecule has 0 saturated heterocycles. The van der Waals surface area contributed by atoms with Gasteiger partial charge in [0, 0.05) is 24.3 Å². The molecule has 0 bridgehead atoms. The van der Waals surface area contributed by atoms with Crippen LogP contribution in [0.1, 0.15) is 37.6 Å². The average Bonchev–Trinajstić information content (AvgIpc) is 2.29. The van der Waals surface area contributed by atoms with Gasteiger partial charge in [0.1, 0.15) is 4.60 Å². The SMILES string of the molecule is CCC(C)N(CC)C(=O)c1ccnc(Br)c1. The lowest BCUT2D eigenvalue weighted by molar-refractivity contribution is 0.0699. The monoisotopic (exact) mass is 284 g/mol. The van der Waals surface area contributed by atoms with Crippen molar-refractivity contribution in [2.45, 2.75) is 33.2 Å². The van der Waals surface area contributed by atoms with E-state index in [4.69, 9.17) is 0 Å². The Morgan fingerprint density at radius 1 is 1.56 bits per heavy atom. The highest BCUT2D eigenvalue weighted by Gasteiger charge is 2.18. The number of carbonyl (C=O) groups excluding carboxylic acids is 1. The third kappa shape index (κ3) is 3.04. The molecule has 0 fully saturated rings. The van der Waals surface area contributed by atoms with E-state index in [1.54, 1.807) is 18.3 Å². The minimum absolute atomic E-state index is 0.0694. The Labute approximate surface area is 105 Å². The Morgan fingerprint density at radius 2 is 2.25 bits per heavy atom. The predicted molar refractivity (Wildman–Crippen MR) is 68.4 cm³/mol. The van der Waals surface area contributed by atoms with Crippen LogP contribution in [0.5, 0.6) is 0 Å². The summed E-state index contributed by atoms with van der Waals surface area (Å²) in [5, 5.41) is 0. The number of pyridine rings is 1. The van der Waals surface area contributed by atoms with E-state index in [0.29, 0.717) is 10.2 Å². The van der Waals surface area contributed by atoms with Crippen LogP contribution in [0.15, 0.2) is 22.9 Å². The van der Waals surface area contributed by atoms with Crippen molar-refractivity contribution in [3.05, 3.63) is 28.5 Å². The first-order valence-electron chi connectivity index (χ1n) is 5.52. The summed E-state index contributed by atoms with van der Waals surface area (Å²) in [5.41, 5.74) is 0.684. The van der Waals surface area contributed by atoms with E-state index in [9.17, 15) is 4.79 Å². The summed E-state index contributed by atoms with van der Waals surface area (Å²) in [6.45, 7) is 6.88. The molecule has 0 N–H and O–H groups in total. The molecule has 88 valence electrons. The molecule has 0 aromatic carbocycles. The molecule has 0 aliphatic carbocycles. The summed E-state index contributed by atoms with van der Waals surface area (Å²) in [6, 6.07) is 3.77. The Hall–Kier alpha value is -0.900. The molecule has 4 heteroatoms. The van der Waals surface area contributed by atoms with Crippen LogP contribution in [0, 0.1) is 0 Å². The first-order chi connectivity index (χ1) is 7.60. The van der Waals surface area contributed by atoms with Crippen LogP contribution in [-0.4, -0.2) is 28.4 Å². The molecule has 1 amide bonds. The van der Waals surface area contributed by atoms with E-state index in [0.717, 1.165) is 13.0 Å². The van der Waals surface area contributed by atoms with Gasteiger partial charge in [0.05, 0.1) is 0 Å². The van der Waals surface area contributed by atoms with Gasteiger partial charge in [-0.1, -0.05) is 6.92 Å². The maximum absolute atomic E-state index is 12.2. The van der Waals surface area contributed by atoms with Gasteiger partial charge >= 0.3 is 0 Å². The normalized spacial score (nSPS) is 12.2. The predicted octanol–water partition coefficient (Wildman–Crippen LogP) is 3.10. The molecule has 1 unspecified atom stereocenters. The zero-order valence-electron chi connectivity index (χ0n) is 9.90. The summed E-state index contributed by atoms with van der Waals surface area (Å²) in [5.74, 6) is 0.0694. The van der Waals surface area contributed by atoms with Crippen LogP contribution >= 0.6 is 15.9 Å². The van der Waals surface area contributed by atoms with E-state index in [1.165, 1.54) is 0 Å². The molecular formula is C12H17BrN2O. The minimum Gasteiger partial charge on any atom is -0.336 e. The molecule has 1 aromatic heterocycles. The largest absolute Gasteiger partial charge is 0.336 e. The Kier molecular flexibility index (Phi) is 4.93. The van der Waals surface area contributed by atoms with Crippen LogP contribution in [0.25, 0.3) is 0 Å². The van der Waals surface area contributed by atoms with E-state index < -0.39 is 0 Å². The van der Waals surface area contributed by atoms with Gasteiger partial charge in [-0.15, -0.1) is 0 Å². The third-order valence-corrected chi connectivity index (χ3v) is 3.13. The summed E-state index contributed by atoms with van der Waals surface area (Å²) in [7, 11) is 0. The van der Waals surface area contributed by atoms with Crippen LogP contribution in [0.3, 0.4) is 0 Å². The summed E-state index contributed by atoms with van der Waals surface area (Å²) in [6.07, 6.45) is 2.60. The van der Waals surface area contributed by atoms with Crippen LogP contribution < -0.4 is 0 Å². The number of rotatable bonds is 4. The maximum atomic E-state index is 12.2. The Balaban J connectivity index is 2.91. The third-order valence-electron chi connectivity index (χ3n) is 2.70. The highest BCUT2D eigenvalue weighted by molar-refractivity contribution is 9.10. The van der Waals surface area contributed by atoms with Gasteiger partial charge in [-0.3, -0.25) is 4.79 Å². The molecule has 1 atom stereocenters. The maximum Gasteiger partial charge on any atom is 0.254 e. The van der Waals surface area contributed by atoms with Crippen molar-refractivity contribution >= 4 is 21.8 Å². The lowest BCUT2D eigenvalue weighted by Gasteiger charge is -2.27. The number of hydrogen-bond acceptors (Lipinski definition) is 2.